The maximum Gasteiger partial charge on any atom is 0.315 e. The number of thioether (sulfide) groups is 1. The van der Waals surface area contributed by atoms with Crippen LogP contribution < -0.4 is 0 Å². The minimum absolute atomic E-state index is 0.117. The molecule has 0 spiro atoms. The number of unbranched alkanes of at least 4 members (excludes halogenated alkanes) is 2. The first-order chi connectivity index (χ1) is 6.72. The molecular weight excluding hydrogens is 208 g/mol. The van der Waals surface area contributed by atoms with Gasteiger partial charge >= 0.3 is 12.2 Å². The standard InChI is InChI=1S/C8H11F2N3S/c1-2-3-4-5-14-8-12-6(9)11-7(10)13-8/h2-5H2,1H3. The van der Waals surface area contributed by atoms with Gasteiger partial charge in [-0.3, -0.25) is 0 Å². The smallest absolute Gasteiger partial charge is 0.176 e. The Balaban J connectivity index is 2.42. The van der Waals surface area contributed by atoms with Gasteiger partial charge in [-0.15, -0.1) is 0 Å². The lowest BCUT2D eigenvalue weighted by atomic mass is 10.3. The van der Waals surface area contributed by atoms with E-state index < -0.39 is 12.2 Å². The maximum atomic E-state index is 12.5. The van der Waals surface area contributed by atoms with E-state index >= 15 is 0 Å². The molecule has 0 aliphatic carbocycles. The van der Waals surface area contributed by atoms with Gasteiger partial charge in [0, 0.05) is 5.75 Å². The highest BCUT2D eigenvalue weighted by atomic mass is 32.2. The van der Waals surface area contributed by atoms with Gasteiger partial charge in [0.2, 0.25) is 0 Å². The Morgan fingerprint density at radius 1 is 1.07 bits per heavy atom. The molecule has 0 atom stereocenters. The first-order valence-electron chi connectivity index (χ1n) is 4.42. The molecule has 0 radical (unpaired) electrons. The fourth-order valence-corrected chi connectivity index (χ4v) is 1.70. The van der Waals surface area contributed by atoms with Crippen molar-refractivity contribution >= 4 is 11.8 Å². The average Bonchev–Trinajstić information content (AvgIpc) is 2.11. The summed E-state index contributed by atoms with van der Waals surface area (Å²) in [6.45, 7) is 2.09. The predicted molar refractivity (Wildman–Crippen MR) is 50.0 cm³/mol. The van der Waals surface area contributed by atoms with E-state index in [0.717, 1.165) is 25.0 Å². The van der Waals surface area contributed by atoms with Crippen LogP contribution in [0.4, 0.5) is 8.78 Å². The second-order valence-corrected chi connectivity index (χ2v) is 3.77. The van der Waals surface area contributed by atoms with Gasteiger partial charge in [0.25, 0.3) is 0 Å². The Bertz CT molecular complexity index is 276. The molecule has 0 bridgehead atoms. The third-order valence-corrected chi connectivity index (χ3v) is 2.47. The van der Waals surface area contributed by atoms with Crippen molar-refractivity contribution in [1.29, 1.82) is 0 Å². The topological polar surface area (TPSA) is 38.7 Å². The summed E-state index contributed by atoms with van der Waals surface area (Å²) in [6.07, 6.45) is 1.09. The van der Waals surface area contributed by atoms with Gasteiger partial charge in [0.15, 0.2) is 5.16 Å². The van der Waals surface area contributed by atoms with E-state index in [-0.39, 0.29) is 5.16 Å². The van der Waals surface area contributed by atoms with Crippen molar-refractivity contribution in [2.24, 2.45) is 0 Å². The number of halogens is 2. The third kappa shape index (κ3) is 3.95. The molecule has 14 heavy (non-hydrogen) atoms. The summed E-state index contributed by atoms with van der Waals surface area (Å²) in [4.78, 5) is 9.54. The molecule has 3 nitrogen and oxygen atoms in total. The monoisotopic (exact) mass is 219 g/mol. The molecular formula is C8H11F2N3S. The Kier molecular flexibility index (Phi) is 4.72. The normalized spacial score (nSPS) is 10.5. The number of hydrogen-bond acceptors (Lipinski definition) is 4. The van der Waals surface area contributed by atoms with Crippen LogP contribution in [0.1, 0.15) is 26.2 Å². The van der Waals surface area contributed by atoms with Gasteiger partial charge in [0.05, 0.1) is 0 Å². The fourth-order valence-electron chi connectivity index (χ4n) is 0.889. The Morgan fingerprint density at radius 2 is 1.71 bits per heavy atom. The van der Waals surface area contributed by atoms with Gasteiger partial charge in [-0.1, -0.05) is 31.5 Å². The van der Waals surface area contributed by atoms with E-state index in [9.17, 15) is 8.78 Å². The molecule has 1 aromatic rings. The fraction of sp³-hybridized carbons (Fsp3) is 0.625. The quantitative estimate of drug-likeness (QED) is 0.563. The molecule has 0 aliphatic heterocycles. The minimum Gasteiger partial charge on any atom is -0.176 e. The maximum absolute atomic E-state index is 12.5. The molecule has 6 heteroatoms. The average molecular weight is 219 g/mol. The number of hydrogen-bond donors (Lipinski definition) is 0. The second kappa shape index (κ2) is 5.85. The minimum atomic E-state index is -1.06. The molecule has 0 aromatic carbocycles. The van der Waals surface area contributed by atoms with Crippen LogP contribution in [0.15, 0.2) is 5.16 Å². The van der Waals surface area contributed by atoms with Gasteiger partial charge in [0.1, 0.15) is 0 Å². The summed E-state index contributed by atoms with van der Waals surface area (Å²) in [5.41, 5.74) is 0. The van der Waals surface area contributed by atoms with Gasteiger partial charge < -0.3 is 0 Å². The molecule has 0 saturated heterocycles. The summed E-state index contributed by atoms with van der Waals surface area (Å²) in [5, 5.41) is 0.117. The van der Waals surface area contributed by atoms with E-state index in [1.165, 1.54) is 11.8 Å². The molecule has 1 aromatic heterocycles. The van der Waals surface area contributed by atoms with Crippen LogP contribution >= 0.6 is 11.8 Å². The van der Waals surface area contributed by atoms with Crippen LogP contribution in [-0.2, 0) is 0 Å². The van der Waals surface area contributed by atoms with Crippen LogP contribution in [-0.4, -0.2) is 20.7 Å². The van der Waals surface area contributed by atoms with Crippen molar-refractivity contribution in [3.8, 4) is 0 Å². The lowest BCUT2D eigenvalue weighted by molar-refractivity contribution is 0.434. The zero-order chi connectivity index (χ0) is 10.4. The molecule has 0 unspecified atom stereocenters. The number of nitrogens with zero attached hydrogens (tertiary/aromatic N) is 3. The molecule has 1 rings (SSSR count). The van der Waals surface area contributed by atoms with Crippen LogP contribution in [0.3, 0.4) is 0 Å². The molecule has 78 valence electrons. The lowest BCUT2D eigenvalue weighted by Gasteiger charge is -1.98. The van der Waals surface area contributed by atoms with Crippen molar-refractivity contribution in [2.45, 2.75) is 31.3 Å². The first kappa shape index (κ1) is 11.3. The van der Waals surface area contributed by atoms with Crippen LogP contribution in [0.2, 0.25) is 0 Å². The Hall–Kier alpha value is -0.780. The molecule has 1 heterocycles. The molecule has 0 aliphatic rings. The van der Waals surface area contributed by atoms with Gasteiger partial charge in [-0.2, -0.15) is 23.7 Å². The van der Waals surface area contributed by atoms with Crippen LogP contribution in [0, 0.1) is 12.2 Å². The summed E-state index contributed by atoms with van der Waals surface area (Å²) in [5.74, 6) is 0.775. The molecule has 0 N–H and O–H groups in total. The van der Waals surface area contributed by atoms with E-state index in [4.69, 9.17) is 0 Å². The van der Waals surface area contributed by atoms with Gasteiger partial charge in [-0.25, -0.2) is 0 Å². The van der Waals surface area contributed by atoms with Crippen molar-refractivity contribution in [2.75, 3.05) is 5.75 Å². The summed E-state index contributed by atoms with van der Waals surface area (Å²) in [6, 6.07) is 0. The highest BCUT2D eigenvalue weighted by molar-refractivity contribution is 7.99. The van der Waals surface area contributed by atoms with Crippen molar-refractivity contribution in [3.05, 3.63) is 12.2 Å². The molecule has 0 fully saturated rings. The van der Waals surface area contributed by atoms with Gasteiger partial charge in [-0.05, 0) is 6.42 Å². The Labute approximate surface area is 85.4 Å². The SMILES string of the molecule is CCCCCSc1nc(F)nc(F)n1. The van der Waals surface area contributed by atoms with Crippen molar-refractivity contribution in [3.63, 3.8) is 0 Å². The number of rotatable bonds is 5. The van der Waals surface area contributed by atoms with Crippen LogP contribution in [0.25, 0.3) is 0 Å². The summed E-state index contributed by atoms with van der Waals surface area (Å²) < 4.78 is 25.0. The third-order valence-electron chi connectivity index (χ3n) is 1.54. The summed E-state index contributed by atoms with van der Waals surface area (Å²) in [7, 11) is 0. The zero-order valence-electron chi connectivity index (χ0n) is 7.83. The highest BCUT2D eigenvalue weighted by Crippen LogP contribution is 2.14. The van der Waals surface area contributed by atoms with E-state index in [1.807, 2.05) is 0 Å². The zero-order valence-corrected chi connectivity index (χ0v) is 8.65. The van der Waals surface area contributed by atoms with Crippen molar-refractivity contribution in [1.82, 2.24) is 15.0 Å². The molecule has 0 amide bonds. The van der Waals surface area contributed by atoms with Crippen molar-refractivity contribution < 1.29 is 8.78 Å². The van der Waals surface area contributed by atoms with E-state index in [2.05, 4.69) is 21.9 Å². The predicted octanol–water partition coefficient (Wildman–Crippen LogP) is 2.43. The summed E-state index contributed by atoms with van der Waals surface area (Å²) >= 11 is 1.25. The lowest BCUT2D eigenvalue weighted by Crippen LogP contribution is -2.00. The number of aromatic nitrogens is 3. The first-order valence-corrected chi connectivity index (χ1v) is 5.41. The van der Waals surface area contributed by atoms with Crippen LogP contribution in [0.5, 0.6) is 0 Å². The largest absolute Gasteiger partial charge is 0.315 e. The molecule has 0 saturated carbocycles. The van der Waals surface area contributed by atoms with E-state index in [0.29, 0.717) is 0 Å². The second-order valence-electron chi connectivity index (χ2n) is 2.71. The Morgan fingerprint density at radius 3 is 2.29 bits per heavy atom. The highest BCUT2D eigenvalue weighted by Gasteiger charge is 2.05. The van der Waals surface area contributed by atoms with E-state index in [1.54, 1.807) is 0 Å².